The third-order valence-electron chi connectivity index (χ3n) is 10.4. The zero-order valence-electron chi connectivity index (χ0n) is 36.1. The first-order valence-corrected chi connectivity index (χ1v) is 23.3. The van der Waals surface area contributed by atoms with Gasteiger partial charge in [0.1, 0.15) is 5.58 Å². The first-order chi connectivity index (χ1) is 28.3. The summed E-state index contributed by atoms with van der Waals surface area (Å²) in [6.07, 6.45) is 0.307. The Hall–Kier alpha value is -5.39. The molecule has 0 aliphatic carbocycles. The van der Waals surface area contributed by atoms with Gasteiger partial charge >= 0.3 is 0 Å². The standard InChI is InChI=1S/C31H27N2O.C21H22NSi.Ir/c1-19(2)21-12-9-13-22(20(3)4)29(21)33-27-17-7-6-16-26(27)32-31(33)25-15-10-14-24-23-11-5-8-18-28(23)34-30(24)25;1-23(2,3)21-16-22-20(18-12-8-5-9-13-18)15-19(21)14-17-10-6-4-7-11-17;/h5-14,16-20H,1-4H3;4-12,15-16H,14H2,1-3H3;/q2*-1;/i;14D2;. The third kappa shape index (κ3) is 8.15. The fraction of sp³-hybridized carbons (Fsp3) is 0.192. The summed E-state index contributed by atoms with van der Waals surface area (Å²) in [5, 5.41) is 3.26. The summed E-state index contributed by atoms with van der Waals surface area (Å²) < 4.78 is 26.4. The predicted molar refractivity (Wildman–Crippen MR) is 242 cm³/mol. The molecule has 0 N–H and O–H groups in total. The Morgan fingerprint density at radius 3 is 2.12 bits per heavy atom. The van der Waals surface area contributed by atoms with Gasteiger partial charge in [-0.25, -0.2) is 0 Å². The number of aromatic nitrogens is 3. The van der Waals surface area contributed by atoms with Crippen molar-refractivity contribution in [1.29, 1.82) is 0 Å². The summed E-state index contributed by atoms with van der Waals surface area (Å²) in [6.45, 7) is 15.7. The van der Waals surface area contributed by atoms with E-state index in [0.717, 1.165) is 66.4 Å². The summed E-state index contributed by atoms with van der Waals surface area (Å²) >= 11 is 0. The average Bonchev–Trinajstić information content (AvgIpc) is 3.82. The number of hydrogen-bond donors (Lipinski definition) is 0. The van der Waals surface area contributed by atoms with E-state index in [0.29, 0.717) is 17.4 Å². The Kier molecular flexibility index (Phi) is 11.3. The zero-order valence-corrected chi connectivity index (χ0v) is 37.5. The molecule has 4 nitrogen and oxygen atoms in total. The molecule has 6 aromatic carbocycles. The van der Waals surface area contributed by atoms with Crippen LogP contribution in [0.2, 0.25) is 19.6 Å². The summed E-state index contributed by atoms with van der Waals surface area (Å²) in [6, 6.07) is 53.0. The molecule has 3 heterocycles. The van der Waals surface area contributed by atoms with E-state index in [9.17, 15) is 0 Å². The number of nitrogens with zero attached hydrogens (tertiary/aromatic N) is 3. The Morgan fingerprint density at radius 2 is 1.41 bits per heavy atom. The van der Waals surface area contributed by atoms with Gasteiger partial charge in [0.05, 0.1) is 30.5 Å². The number of rotatable bonds is 8. The van der Waals surface area contributed by atoms with Crippen LogP contribution in [-0.4, -0.2) is 22.6 Å². The van der Waals surface area contributed by atoms with Gasteiger partial charge < -0.3 is 14.0 Å². The minimum absolute atomic E-state index is 0. The van der Waals surface area contributed by atoms with Crippen molar-refractivity contribution in [3.63, 3.8) is 0 Å². The Labute approximate surface area is 360 Å². The topological polar surface area (TPSA) is 43.9 Å². The second-order valence-corrected chi connectivity index (χ2v) is 21.2. The molecule has 0 saturated carbocycles. The maximum atomic E-state index is 8.84. The quantitative estimate of drug-likeness (QED) is 0.113. The fourth-order valence-electron chi connectivity index (χ4n) is 7.58. The van der Waals surface area contributed by atoms with Crippen LogP contribution in [-0.2, 0) is 26.5 Å². The van der Waals surface area contributed by atoms with Gasteiger partial charge in [-0.2, -0.15) is 0 Å². The van der Waals surface area contributed by atoms with E-state index in [2.05, 4.69) is 124 Å². The van der Waals surface area contributed by atoms with Crippen molar-refractivity contribution in [3.8, 4) is 28.3 Å². The molecule has 0 bridgehead atoms. The van der Waals surface area contributed by atoms with Crippen LogP contribution in [0, 0.1) is 12.1 Å². The molecule has 0 saturated heterocycles. The van der Waals surface area contributed by atoms with Gasteiger partial charge in [0.15, 0.2) is 0 Å². The van der Waals surface area contributed by atoms with Crippen LogP contribution in [0.15, 0.2) is 150 Å². The molecule has 6 heteroatoms. The van der Waals surface area contributed by atoms with Crippen molar-refractivity contribution in [1.82, 2.24) is 14.5 Å². The van der Waals surface area contributed by atoms with Gasteiger partial charge in [-0.1, -0.05) is 149 Å². The molecule has 0 aliphatic heterocycles. The molecule has 0 aliphatic rings. The summed E-state index contributed by atoms with van der Waals surface area (Å²) in [4.78, 5) is 9.77. The van der Waals surface area contributed by atoms with Crippen molar-refractivity contribution in [2.75, 3.05) is 0 Å². The van der Waals surface area contributed by atoms with E-state index in [-0.39, 0.29) is 20.1 Å². The molecule has 0 amide bonds. The van der Waals surface area contributed by atoms with Gasteiger partial charge in [0, 0.05) is 40.1 Å². The number of para-hydroxylation sites is 4. The summed E-state index contributed by atoms with van der Waals surface area (Å²) in [7, 11) is -1.76. The third-order valence-corrected chi connectivity index (χ3v) is 12.5. The summed E-state index contributed by atoms with van der Waals surface area (Å²) in [5.41, 5.74) is 11.5. The molecule has 9 aromatic rings. The number of furan rings is 1. The van der Waals surface area contributed by atoms with Gasteiger partial charge in [-0.3, -0.25) is 4.98 Å². The van der Waals surface area contributed by atoms with E-state index >= 15 is 0 Å². The number of hydrogen-bond acceptors (Lipinski definition) is 3. The van der Waals surface area contributed by atoms with E-state index < -0.39 is 14.4 Å². The molecule has 293 valence electrons. The SMILES string of the molecule is CC(C)c1cccc(C(C)C)c1-n1c(-c2[c-]ccc3c2oc2ccccc23)nc2ccccc21.[2H]C([2H])(c1ccccc1)c1cc(-c2[c-]cccc2)ncc1[Si](C)(C)C.[Ir]. The van der Waals surface area contributed by atoms with Gasteiger partial charge in [-0.15, -0.1) is 54.1 Å². The molecule has 3 aromatic heterocycles. The van der Waals surface area contributed by atoms with E-state index in [1.807, 2.05) is 91.1 Å². The van der Waals surface area contributed by atoms with Crippen molar-refractivity contribution in [2.24, 2.45) is 0 Å². The van der Waals surface area contributed by atoms with Gasteiger partial charge in [-0.05, 0) is 64.0 Å². The molecular weight excluding hydrogens is 903 g/mol. The smallest absolute Gasteiger partial charge is 0.120 e. The van der Waals surface area contributed by atoms with E-state index in [1.54, 1.807) is 0 Å². The molecule has 1 radical (unpaired) electrons. The summed E-state index contributed by atoms with van der Waals surface area (Å²) in [5.74, 6) is 1.60. The largest absolute Gasteiger partial charge is 0.501 e. The van der Waals surface area contributed by atoms with Crippen molar-refractivity contribution in [2.45, 2.75) is 65.5 Å². The average molecular weight is 954 g/mol. The van der Waals surface area contributed by atoms with Crippen LogP contribution in [0.4, 0.5) is 0 Å². The molecule has 0 unspecified atom stereocenters. The van der Waals surface area contributed by atoms with Crippen LogP contribution in [0.5, 0.6) is 0 Å². The number of imidazole rings is 1. The number of benzene rings is 6. The van der Waals surface area contributed by atoms with Crippen LogP contribution < -0.4 is 5.19 Å². The molecule has 0 fully saturated rings. The zero-order chi connectivity index (χ0) is 41.5. The molecular formula is C52H49IrN3OSi-2. The Balaban J connectivity index is 0.000000187. The second kappa shape index (κ2) is 17.2. The monoisotopic (exact) mass is 954 g/mol. The van der Waals surface area contributed by atoms with Gasteiger partial charge in [0.25, 0.3) is 0 Å². The van der Waals surface area contributed by atoms with E-state index in [1.165, 1.54) is 16.8 Å². The van der Waals surface area contributed by atoms with Crippen molar-refractivity contribution < 1.29 is 27.3 Å². The Morgan fingerprint density at radius 1 is 0.724 bits per heavy atom. The fourth-order valence-corrected chi connectivity index (χ4v) is 8.97. The van der Waals surface area contributed by atoms with Crippen molar-refractivity contribution >= 4 is 46.2 Å². The minimum Gasteiger partial charge on any atom is -0.501 e. The second-order valence-electron chi connectivity index (χ2n) is 16.2. The van der Waals surface area contributed by atoms with Crippen LogP contribution >= 0.6 is 0 Å². The maximum absolute atomic E-state index is 8.84. The van der Waals surface area contributed by atoms with E-state index in [4.69, 9.17) is 12.1 Å². The molecule has 0 spiro atoms. The van der Waals surface area contributed by atoms with Crippen molar-refractivity contribution in [3.05, 3.63) is 180 Å². The maximum Gasteiger partial charge on any atom is 0.120 e. The number of fused-ring (bicyclic) bond motifs is 4. The molecule has 0 atom stereocenters. The minimum atomic E-state index is -1.76. The van der Waals surface area contributed by atoms with Crippen LogP contribution in [0.25, 0.3) is 61.3 Å². The normalized spacial score (nSPS) is 12.4. The van der Waals surface area contributed by atoms with Gasteiger partial charge in [0.2, 0.25) is 0 Å². The number of pyridine rings is 1. The molecule has 58 heavy (non-hydrogen) atoms. The first kappa shape index (κ1) is 38.1. The predicted octanol–water partition coefficient (Wildman–Crippen LogP) is 13.3. The Bertz CT molecular complexity index is 2890. The first-order valence-electron chi connectivity index (χ1n) is 20.8. The van der Waals surface area contributed by atoms with Crippen LogP contribution in [0.3, 0.4) is 0 Å². The van der Waals surface area contributed by atoms with Crippen LogP contribution in [0.1, 0.15) is 64.5 Å². The molecule has 9 rings (SSSR count).